The molecule has 1 aliphatic heterocycles. The third-order valence-electron chi connectivity index (χ3n) is 4.79. The molecule has 1 unspecified atom stereocenters. The standard InChI is InChI=1S/C18H20FN5O/c1-3-24-11(2)9-15(22-24)18(25)23-8-4-5-16(23)17-20-13-7-6-12(19)10-14(13)21-17/h6-7,9-10,16H,3-5,8H2,1-2H3,(H,20,21). The minimum absolute atomic E-state index is 0.0792. The number of fused-ring (bicyclic) bond motifs is 1. The van der Waals surface area contributed by atoms with Crippen molar-refractivity contribution in [3.05, 3.63) is 47.3 Å². The summed E-state index contributed by atoms with van der Waals surface area (Å²) in [6.45, 7) is 5.35. The molecular formula is C18H20FN5O. The Morgan fingerprint density at radius 2 is 2.24 bits per heavy atom. The normalized spacial score (nSPS) is 17.6. The molecule has 1 saturated heterocycles. The van der Waals surface area contributed by atoms with Crippen LogP contribution in [0.15, 0.2) is 24.3 Å². The van der Waals surface area contributed by atoms with Crippen molar-refractivity contribution in [3.63, 3.8) is 0 Å². The van der Waals surface area contributed by atoms with Gasteiger partial charge in [-0.1, -0.05) is 0 Å². The molecular weight excluding hydrogens is 321 g/mol. The Hall–Kier alpha value is -2.70. The summed E-state index contributed by atoms with van der Waals surface area (Å²) in [6.07, 6.45) is 1.75. The number of hydrogen-bond donors (Lipinski definition) is 1. The van der Waals surface area contributed by atoms with Crippen LogP contribution in [0, 0.1) is 12.7 Å². The highest BCUT2D eigenvalue weighted by molar-refractivity contribution is 5.93. The molecule has 0 bridgehead atoms. The Labute approximate surface area is 144 Å². The molecule has 1 aliphatic rings. The zero-order valence-corrected chi connectivity index (χ0v) is 14.3. The Morgan fingerprint density at radius 3 is 3.00 bits per heavy atom. The molecule has 0 aliphatic carbocycles. The third kappa shape index (κ3) is 2.69. The Bertz CT molecular complexity index is 944. The molecule has 3 aromatic rings. The predicted molar refractivity (Wildman–Crippen MR) is 91.7 cm³/mol. The molecule has 0 saturated carbocycles. The summed E-state index contributed by atoms with van der Waals surface area (Å²) in [5, 5.41) is 4.40. The summed E-state index contributed by atoms with van der Waals surface area (Å²) in [4.78, 5) is 22.5. The van der Waals surface area contributed by atoms with E-state index in [0.717, 1.165) is 25.1 Å². The maximum absolute atomic E-state index is 13.4. The second kappa shape index (κ2) is 5.98. The van der Waals surface area contributed by atoms with Crippen LogP contribution in [0.4, 0.5) is 4.39 Å². The Morgan fingerprint density at radius 1 is 1.40 bits per heavy atom. The van der Waals surface area contributed by atoms with Crippen molar-refractivity contribution in [2.24, 2.45) is 0 Å². The minimum Gasteiger partial charge on any atom is -0.340 e. The lowest BCUT2D eigenvalue weighted by atomic mass is 10.2. The molecule has 0 spiro atoms. The number of likely N-dealkylation sites (tertiary alicyclic amines) is 1. The lowest BCUT2D eigenvalue weighted by molar-refractivity contribution is 0.0723. The first-order valence-electron chi connectivity index (χ1n) is 8.57. The summed E-state index contributed by atoms with van der Waals surface area (Å²) in [5.74, 6) is 0.324. The number of benzene rings is 1. The van der Waals surface area contributed by atoms with Crippen LogP contribution in [0.25, 0.3) is 11.0 Å². The number of aromatic nitrogens is 4. The van der Waals surface area contributed by atoms with Crippen molar-refractivity contribution >= 4 is 16.9 Å². The van der Waals surface area contributed by atoms with Gasteiger partial charge in [-0.05, 0) is 51.0 Å². The zero-order chi connectivity index (χ0) is 17.6. The number of carbonyl (C=O) groups excluding carboxylic acids is 1. The third-order valence-corrected chi connectivity index (χ3v) is 4.79. The van der Waals surface area contributed by atoms with E-state index in [-0.39, 0.29) is 17.8 Å². The number of aryl methyl sites for hydroxylation is 2. The van der Waals surface area contributed by atoms with Crippen molar-refractivity contribution in [3.8, 4) is 0 Å². The Balaban J connectivity index is 1.65. The van der Waals surface area contributed by atoms with Gasteiger partial charge >= 0.3 is 0 Å². The fourth-order valence-corrected chi connectivity index (χ4v) is 3.54. The molecule has 1 aromatic carbocycles. The highest BCUT2D eigenvalue weighted by Gasteiger charge is 2.33. The first-order chi connectivity index (χ1) is 12.1. The smallest absolute Gasteiger partial charge is 0.274 e. The van der Waals surface area contributed by atoms with Crippen molar-refractivity contribution in [1.29, 1.82) is 0 Å². The molecule has 2 aromatic heterocycles. The van der Waals surface area contributed by atoms with E-state index in [1.54, 1.807) is 6.07 Å². The van der Waals surface area contributed by atoms with Crippen LogP contribution in [0.5, 0.6) is 0 Å². The van der Waals surface area contributed by atoms with Gasteiger partial charge < -0.3 is 9.88 Å². The van der Waals surface area contributed by atoms with Crippen LogP contribution in [-0.4, -0.2) is 37.1 Å². The number of aromatic amines is 1. The fourth-order valence-electron chi connectivity index (χ4n) is 3.54. The highest BCUT2D eigenvalue weighted by atomic mass is 19.1. The van der Waals surface area contributed by atoms with Gasteiger partial charge in [0.25, 0.3) is 5.91 Å². The molecule has 3 heterocycles. The van der Waals surface area contributed by atoms with Crippen LogP contribution >= 0.6 is 0 Å². The van der Waals surface area contributed by atoms with Crippen molar-refractivity contribution in [1.82, 2.24) is 24.6 Å². The molecule has 1 fully saturated rings. The topological polar surface area (TPSA) is 66.8 Å². The second-order valence-electron chi connectivity index (χ2n) is 6.43. The van der Waals surface area contributed by atoms with Crippen LogP contribution in [0.2, 0.25) is 0 Å². The molecule has 6 nitrogen and oxygen atoms in total. The van der Waals surface area contributed by atoms with Crippen LogP contribution in [0.3, 0.4) is 0 Å². The quantitative estimate of drug-likeness (QED) is 0.795. The summed E-state index contributed by atoms with van der Waals surface area (Å²) < 4.78 is 15.2. The first kappa shape index (κ1) is 15.8. The van der Waals surface area contributed by atoms with Crippen molar-refractivity contribution in [2.45, 2.75) is 39.3 Å². The number of rotatable bonds is 3. The van der Waals surface area contributed by atoms with E-state index < -0.39 is 0 Å². The van der Waals surface area contributed by atoms with Gasteiger partial charge in [0.2, 0.25) is 0 Å². The number of amides is 1. The predicted octanol–water partition coefficient (Wildman–Crippen LogP) is 3.20. The number of carbonyl (C=O) groups is 1. The van der Waals surface area contributed by atoms with Crippen LogP contribution in [0.1, 0.15) is 47.8 Å². The van der Waals surface area contributed by atoms with Gasteiger partial charge in [0.15, 0.2) is 5.69 Å². The lowest BCUT2D eigenvalue weighted by Gasteiger charge is -2.22. The van der Waals surface area contributed by atoms with Crippen molar-refractivity contribution in [2.75, 3.05) is 6.54 Å². The molecule has 0 radical (unpaired) electrons. The summed E-state index contributed by atoms with van der Waals surface area (Å²) in [6, 6.07) is 6.17. The van der Waals surface area contributed by atoms with Gasteiger partial charge in [-0.15, -0.1) is 0 Å². The monoisotopic (exact) mass is 341 g/mol. The van der Waals surface area contributed by atoms with E-state index in [9.17, 15) is 9.18 Å². The maximum atomic E-state index is 13.4. The molecule has 1 N–H and O–H groups in total. The first-order valence-corrected chi connectivity index (χ1v) is 8.57. The average Bonchev–Trinajstić information content (AvgIpc) is 3.30. The largest absolute Gasteiger partial charge is 0.340 e. The van der Waals surface area contributed by atoms with Gasteiger partial charge in [0, 0.05) is 18.8 Å². The number of halogens is 1. The van der Waals surface area contributed by atoms with Crippen LogP contribution < -0.4 is 0 Å². The number of nitrogens with zero attached hydrogens (tertiary/aromatic N) is 4. The van der Waals surface area contributed by atoms with Gasteiger partial charge in [-0.25, -0.2) is 9.37 Å². The molecule has 4 rings (SSSR count). The molecule has 7 heteroatoms. The van der Waals surface area contributed by atoms with E-state index in [1.165, 1.54) is 12.1 Å². The average molecular weight is 341 g/mol. The second-order valence-corrected chi connectivity index (χ2v) is 6.43. The highest BCUT2D eigenvalue weighted by Crippen LogP contribution is 2.32. The lowest BCUT2D eigenvalue weighted by Crippen LogP contribution is -2.31. The fraction of sp³-hybridized carbons (Fsp3) is 0.389. The van der Waals surface area contributed by atoms with Crippen molar-refractivity contribution < 1.29 is 9.18 Å². The van der Waals surface area contributed by atoms with E-state index in [4.69, 9.17) is 0 Å². The van der Waals surface area contributed by atoms with E-state index >= 15 is 0 Å². The van der Waals surface area contributed by atoms with Gasteiger partial charge in [-0.2, -0.15) is 5.10 Å². The molecule has 130 valence electrons. The number of nitrogens with one attached hydrogen (secondary N) is 1. The van der Waals surface area contributed by atoms with Gasteiger partial charge in [-0.3, -0.25) is 9.48 Å². The SMILES string of the molecule is CCn1nc(C(=O)N2CCCC2c2nc3ccc(F)cc3[nH]2)cc1C. The molecule has 1 atom stereocenters. The molecule has 1 amide bonds. The summed E-state index contributed by atoms with van der Waals surface area (Å²) in [5.41, 5.74) is 2.80. The zero-order valence-electron chi connectivity index (χ0n) is 14.3. The summed E-state index contributed by atoms with van der Waals surface area (Å²) >= 11 is 0. The maximum Gasteiger partial charge on any atom is 0.274 e. The van der Waals surface area contributed by atoms with Gasteiger partial charge in [0.1, 0.15) is 11.6 Å². The van der Waals surface area contributed by atoms with Gasteiger partial charge in [0.05, 0.1) is 17.1 Å². The molecule has 25 heavy (non-hydrogen) atoms. The Kier molecular flexibility index (Phi) is 3.78. The van der Waals surface area contributed by atoms with E-state index in [2.05, 4.69) is 15.1 Å². The number of imidazole rings is 1. The van der Waals surface area contributed by atoms with E-state index in [0.29, 0.717) is 29.1 Å². The summed E-state index contributed by atoms with van der Waals surface area (Å²) in [7, 11) is 0. The van der Waals surface area contributed by atoms with Crippen LogP contribution in [-0.2, 0) is 6.54 Å². The minimum atomic E-state index is -0.303. The number of H-pyrrole nitrogens is 1. The van der Waals surface area contributed by atoms with E-state index in [1.807, 2.05) is 29.5 Å². The number of hydrogen-bond acceptors (Lipinski definition) is 3.